The molecule has 2 aliphatic heterocycles. The van der Waals surface area contributed by atoms with Gasteiger partial charge in [0.15, 0.2) is 0 Å². The van der Waals surface area contributed by atoms with Crippen molar-refractivity contribution in [1.29, 1.82) is 0 Å². The fourth-order valence-corrected chi connectivity index (χ4v) is 18.0. The van der Waals surface area contributed by atoms with Gasteiger partial charge in [-0.3, -0.25) is 14.4 Å². The largest absolute Gasteiger partial charge is 0.518 e. The summed E-state index contributed by atoms with van der Waals surface area (Å²) < 4.78 is 7.76. The molecular weight excluding hydrogens is 523 g/mol. The monoisotopic (exact) mass is 565 g/mol. The van der Waals surface area contributed by atoms with Crippen LogP contribution < -0.4 is 5.32 Å². The molecule has 1 aromatic rings. The summed E-state index contributed by atoms with van der Waals surface area (Å²) in [5.41, 5.74) is 0.944. The number of nitrogens with zero attached hydrogens (tertiary/aromatic N) is 2. The zero-order chi connectivity index (χ0) is 27.4. The molecule has 0 spiro atoms. The van der Waals surface area contributed by atoms with Gasteiger partial charge in [0.05, 0.1) is 0 Å². The molecule has 7 nitrogen and oxygen atoms in total. The molecule has 0 bridgehead atoms. The Balaban J connectivity index is 1.89. The summed E-state index contributed by atoms with van der Waals surface area (Å²) >= 11 is 1.57. The van der Waals surface area contributed by atoms with Crippen LogP contribution in [0.3, 0.4) is 0 Å². The molecule has 0 saturated carbocycles. The first-order valence-corrected chi connectivity index (χ1v) is 23.8. The van der Waals surface area contributed by atoms with Gasteiger partial charge in [0, 0.05) is 4.75 Å². The van der Waals surface area contributed by atoms with Crippen molar-refractivity contribution in [1.82, 2.24) is 14.4 Å². The molecular formula is C25H43N3O4SSi3. The number of carbonyl (C=O) groups excluding carboxylic acids is 3. The number of nitrogens with one attached hydrogen (secondary N) is 1. The molecule has 0 unspecified atom stereocenters. The average molecular weight is 566 g/mol. The van der Waals surface area contributed by atoms with Gasteiger partial charge in [0.2, 0.25) is 20.1 Å². The van der Waals surface area contributed by atoms with E-state index in [1.807, 2.05) is 63.8 Å². The summed E-state index contributed by atoms with van der Waals surface area (Å²) in [5, 5.41) is 2.84. The minimum atomic E-state index is -2.11. The van der Waals surface area contributed by atoms with Gasteiger partial charge in [0.1, 0.15) is 40.0 Å². The minimum Gasteiger partial charge on any atom is -0.518 e. The van der Waals surface area contributed by atoms with Crippen LogP contribution in [0.15, 0.2) is 30.3 Å². The van der Waals surface area contributed by atoms with Crippen LogP contribution in [0, 0.1) is 0 Å². The molecule has 2 aliphatic rings. The molecule has 0 radical (unpaired) electrons. The van der Waals surface area contributed by atoms with Gasteiger partial charge in [-0.2, -0.15) is 0 Å². The van der Waals surface area contributed by atoms with Crippen LogP contribution in [0.5, 0.6) is 0 Å². The van der Waals surface area contributed by atoms with Crippen molar-refractivity contribution in [3.8, 4) is 0 Å². The molecule has 0 aliphatic carbocycles. The van der Waals surface area contributed by atoms with Gasteiger partial charge in [-0.1, -0.05) is 69.6 Å². The second kappa shape index (κ2) is 9.72. The molecule has 2 heterocycles. The molecule has 2 fully saturated rings. The van der Waals surface area contributed by atoms with E-state index in [1.165, 1.54) is 0 Å². The van der Waals surface area contributed by atoms with E-state index >= 15 is 0 Å². The summed E-state index contributed by atoms with van der Waals surface area (Å²) in [7, 11) is -5.93. The number of amides is 2. The Morgan fingerprint density at radius 2 is 1.53 bits per heavy atom. The van der Waals surface area contributed by atoms with E-state index in [0.717, 1.165) is 5.56 Å². The maximum Gasteiger partial charge on any atom is 0.317 e. The van der Waals surface area contributed by atoms with Gasteiger partial charge in [-0.15, -0.1) is 11.8 Å². The van der Waals surface area contributed by atoms with Gasteiger partial charge < -0.3 is 18.9 Å². The zero-order valence-corrected chi connectivity index (χ0v) is 27.4. The molecule has 1 N–H and O–H groups in total. The van der Waals surface area contributed by atoms with Crippen molar-refractivity contribution in [2.75, 3.05) is 0 Å². The molecule has 2 saturated heterocycles. The van der Waals surface area contributed by atoms with E-state index < -0.39 is 47.7 Å². The number of hydrogen-bond acceptors (Lipinski definition) is 6. The first-order chi connectivity index (χ1) is 16.3. The Morgan fingerprint density at radius 3 is 2.00 bits per heavy atom. The van der Waals surface area contributed by atoms with Crippen LogP contribution in [-0.4, -0.2) is 73.9 Å². The van der Waals surface area contributed by atoms with E-state index in [1.54, 1.807) is 16.7 Å². The highest BCUT2D eigenvalue weighted by molar-refractivity contribution is 8.01. The van der Waals surface area contributed by atoms with Gasteiger partial charge >= 0.3 is 5.97 Å². The highest BCUT2D eigenvalue weighted by Gasteiger charge is 2.65. The maximum atomic E-state index is 14.0. The smallest absolute Gasteiger partial charge is 0.317 e. The van der Waals surface area contributed by atoms with Crippen molar-refractivity contribution in [3.63, 3.8) is 0 Å². The van der Waals surface area contributed by atoms with Crippen LogP contribution >= 0.6 is 11.8 Å². The normalized spacial score (nSPS) is 24.7. The Labute approximate surface area is 224 Å². The quantitative estimate of drug-likeness (QED) is 0.366. The molecule has 4 atom stereocenters. The number of thioether (sulfide) groups is 1. The topological polar surface area (TPSA) is 79.0 Å². The van der Waals surface area contributed by atoms with Gasteiger partial charge in [-0.25, -0.2) is 0 Å². The summed E-state index contributed by atoms with van der Waals surface area (Å²) in [5.74, 6) is -0.683. The molecule has 11 heteroatoms. The first-order valence-electron chi connectivity index (χ1n) is 12.6. The molecule has 2 amide bonds. The second-order valence-corrected chi connectivity index (χ2v) is 29.6. The highest BCUT2D eigenvalue weighted by atomic mass is 32.2. The second-order valence-electron chi connectivity index (χ2n) is 13.3. The number of carbonyl (C=O) groups is 3. The fourth-order valence-electron chi connectivity index (χ4n) is 5.55. The van der Waals surface area contributed by atoms with Crippen molar-refractivity contribution >= 4 is 54.3 Å². The maximum absolute atomic E-state index is 14.0. The average Bonchev–Trinajstić information content (AvgIpc) is 2.95. The standard InChI is InChI=1S/C25H43N3O4SSi3/c1-25(2)20(24(31)32-36(9,10)11)27-22(30)18(23(27)33-25)26-21(29)19(17-15-13-12-14-16-17)28(34(3,4)5)35(6,7)8/h12-16,18-20,23H,1-11H3,(H,26,29)/t18-,19-,20+,23-/m1/s1. The lowest BCUT2D eigenvalue weighted by Crippen LogP contribution is -2.72. The summed E-state index contributed by atoms with van der Waals surface area (Å²) in [6, 6.07) is 8.12. The van der Waals surface area contributed by atoms with Crippen molar-refractivity contribution in [3.05, 3.63) is 35.9 Å². The fraction of sp³-hybridized carbons (Fsp3) is 0.640. The van der Waals surface area contributed by atoms with E-state index in [2.05, 4.69) is 48.8 Å². The Hall–Kier alpha value is -1.41. The third-order valence-electron chi connectivity index (χ3n) is 6.44. The number of fused-ring (bicyclic) bond motifs is 1. The number of rotatable bonds is 8. The van der Waals surface area contributed by atoms with Crippen LogP contribution in [0.4, 0.5) is 0 Å². The summed E-state index contributed by atoms with van der Waals surface area (Å²) in [6.07, 6.45) is 0. The van der Waals surface area contributed by atoms with Crippen molar-refractivity contribution in [2.45, 2.75) is 101 Å². The van der Waals surface area contributed by atoms with Crippen molar-refractivity contribution in [2.24, 2.45) is 0 Å². The third-order valence-corrected chi connectivity index (χ3v) is 16.3. The van der Waals surface area contributed by atoms with E-state index in [4.69, 9.17) is 4.43 Å². The molecule has 3 rings (SSSR count). The Morgan fingerprint density at radius 1 is 1.00 bits per heavy atom. The molecule has 0 aromatic heterocycles. The Bertz CT molecular complexity index is 1000. The first kappa shape index (κ1) is 29.2. The predicted molar refractivity (Wildman–Crippen MR) is 155 cm³/mol. The highest BCUT2D eigenvalue weighted by Crippen LogP contribution is 2.51. The molecule has 36 heavy (non-hydrogen) atoms. The van der Waals surface area contributed by atoms with Crippen molar-refractivity contribution < 1.29 is 18.8 Å². The SMILES string of the molecule is CC1(C)S[C@@H]2[C@H](NC(=O)[C@@H](c3ccccc3)N([Si](C)(C)C)[Si](C)(C)C)C(=O)N2[C@H]1C(=O)O[Si](C)(C)C. The number of benzene rings is 1. The number of hydrogen-bond donors (Lipinski definition) is 1. The lowest BCUT2D eigenvalue weighted by molar-refractivity contribution is -0.160. The van der Waals surface area contributed by atoms with Crippen LogP contribution in [0.2, 0.25) is 58.9 Å². The summed E-state index contributed by atoms with van der Waals surface area (Å²) in [6.45, 7) is 23.5. The lowest BCUT2D eigenvalue weighted by Gasteiger charge is -2.49. The zero-order valence-electron chi connectivity index (χ0n) is 23.6. The Kier molecular flexibility index (Phi) is 7.87. The lowest BCUT2D eigenvalue weighted by atomic mass is 9.95. The predicted octanol–water partition coefficient (Wildman–Crippen LogP) is 4.62. The van der Waals surface area contributed by atoms with Crippen LogP contribution in [0.25, 0.3) is 0 Å². The van der Waals surface area contributed by atoms with E-state index in [-0.39, 0.29) is 23.2 Å². The van der Waals surface area contributed by atoms with Crippen LogP contribution in [0.1, 0.15) is 25.5 Å². The van der Waals surface area contributed by atoms with Gasteiger partial charge in [-0.05, 0) is 39.1 Å². The van der Waals surface area contributed by atoms with Crippen LogP contribution in [-0.2, 0) is 18.8 Å². The van der Waals surface area contributed by atoms with E-state index in [0.29, 0.717) is 0 Å². The third kappa shape index (κ3) is 5.85. The number of β-lactam (4-membered cyclic amide) rings is 1. The summed E-state index contributed by atoms with van der Waals surface area (Å²) in [4.78, 5) is 42.1. The molecule has 1 aromatic carbocycles. The van der Waals surface area contributed by atoms with Gasteiger partial charge in [0.25, 0.3) is 0 Å². The molecule has 200 valence electrons. The minimum absolute atomic E-state index is 0.143. The van der Waals surface area contributed by atoms with E-state index in [9.17, 15) is 14.4 Å².